The number of aromatic amines is 2. The molecule has 3 aliphatic heterocycles. The van der Waals surface area contributed by atoms with Crippen molar-refractivity contribution in [3.8, 4) is 0 Å². The average Bonchev–Trinajstić information content (AvgIpc) is 4.22. The highest BCUT2D eigenvalue weighted by Gasteiger charge is 2.54. The molecule has 39 nitrogen and oxygen atoms in total. The fraction of sp³-hybridized carbons (Fsp3) is 0.595. The first-order valence-corrected chi connectivity index (χ1v) is 29.4. The number of imidazole rings is 3. The molecule has 43 heteroatoms. The maximum Gasteiger partial charge on any atom is 0.490 e. The molecule has 9 heterocycles. The van der Waals surface area contributed by atoms with E-state index in [2.05, 4.69) is 53.8 Å². The average molecular weight is 1220 g/mol. The van der Waals surface area contributed by atoms with Crippen LogP contribution in [0.15, 0.2) is 34.9 Å². The van der Waals surface area contributed by atoms with E-state index >= 15 is 0 Å². The second-order valence-corrected chi connectivity index (χ2v) is 24.1. The summed E-state index contributed by atoms with van der Waals surface area (Å²) in [4.78, 5) is 97.7. The molecule has 6 aromatic heterocycles. The molecule has 3 fully saturated rings. The number of aryl methyl sites for hydroxylation is 1. The highest BCUT2D eigenvalue weighted by Crippen LogP contribution is 2.68. The lowest BCUT2D eigenvalue weighted by molar-refractivity contribution is -0.745. The van der Waals surface area contributed by atoms with E-state index in [4.69, 9.17) is 58.0 Å². The molecule has 0 aliphatic carbocycles. The molecule has 0 spiro atoms. The number of hydrogen-bond donors (Lipinski definition) is 11. The Labute approximate surface area is 447 Å². The van der Waals surface area contributed by atoms with Crippen molar-refractivity contribution < 1.29 is 108 Å². The van der Waals surface area contributed by atoms with Crippen molar-refractivity contribution in [1.82, 2.24) is 53.6 Å². The zero-order chi connectivity index (χ0) is 58.0. The fourth-order valence-electron chi connectivity index (χ4n) is 9.20. The van der Waals surface area contributed by atoms with E-state index in [1.54, 1.807) is 20.9 Å². The number of ether oxygens (including phenoxy) is 6. The molecular formula is C37H54N15O24P4+. The van der Waals surface area contributed by atoms with E-state index in [1.807, 2.05) is 0 Å². The van der Waals surface area contributed by atoms with Gasteiger partial charge in [0.25, 0.3) is 17.1 Å². The number of aliphatic hydroxyl groups is 2. The zero-order valence-electron chi connectivity index (χ0n) is 42.4. The number of anilines is 3. The van der Waals surface area contributed by atoms with Crippen LogP contribution >= 0.6 is 31.3 Å². The summed E-state index contributed by atoms with van der Waals surface area (Å²) >= 11 is 0. The summed E-state index contributed by atoms with van der Waals surface area (Å²) in [7, 11) is -18.0. The van der Waals surface area contributed by atoms with E-state index in [-0.39, 0.29) is 51.2 Å². The predicted molar refractivity (Wildman–Crippen MR) is 263 cm³/mol. The van der Waals surface area contributed by atoms with Gasteiger partial charge in [0.2, 0.25) is 17.7 Å². The van der Waals surface area contributed by atoms with Crippen LogP contribution in [0.3, 0.4) is 0 Å². The molecule has 3 saturated heterocycles. The number of nitrogens with one attached hydrogen (secondary N) is 3. The number of hydrogen-bond acceptors (Lipinski definition) is 29. The zero-order valence-corrected chi connectivity index (χ0v) is 46.0. The highest BCUT2D eigenvalue weighted by atomic mass is 31.3. The van der Waals surface area contributed by atoms with Gasteiger partial charge in [-0.3, -0.25) is 51.4 Å². The van der Waals surface area contributed by atoms with Gasteiger partial charge in [-0.05, 0) is 13.8 Å². The molecule has 0 bridgehead atoms. The third kappa shape index (κ3) is 12.2. The summed E-state index contributed by atoms with van der Waals surface area (Å²) in [5, 5.41) is 25.4. The topological polar surface area (TPSA) is 526 Å². The monoisotopic (exact) mass is 1220 g/mol. The van der Waals surface area contributed by atoms with Gasteiger partial charge in [-0.15, -0.1) is 0 Å². The van der Waals surface area contributed by atoms with Crippen molar-refractivity contribution in [2.24, 2.45) is 7.05 Å². The largest absolute Gasteiger partial charge is 0.490 e. The number of nitrogen functional groups attached to an aromatic ring is 2. The number of aromatic nitrogens is 12. The Morgan fingerprint density at radius 2 is 1.27 bits per heavy atom. The molecule has 9 rings (SSSR count). The predicted octanol–water partition coefficient (Wildman–Crippen LogP) is -2.16. The van der Waals surface area contributed by atoms with Gasteiger partial charge in [0.15, 0.2) is 41.4 Å². The van der Waals surface area contributed by atoms with Crippen molar-refractivity contribution in [3.63, 3.8) is 0 Å². The van der Waals surface area contributed by atoms with Crippen LogP contribution < -0.4 is 32.5 Å². The molecule has 13 N–H and O–H groups in total. The Morgan fingerprint density at radius 3 is 1.90 bits per heavy atom. The molecule has 0 amide bonds. The van der Waals surface area contributed by atoms with E-state index in [0.717, 1.165) is 20.5 Å². The lowest BCUT2D eigenvalue weighted by Gasteiger charge is -2.27. The van der Waals surface area contributed by atoms with Gasteiger partial charge >= 0.3 is 36.9 Å². The Morgan fingerprint density at radius 1 is 0.713 bits per heavy atom. The van der Waals surface area contributed by atoms with Crippen LogP contribution in [0.2, 0.25) is 0 Å². The van der Waals surface area contributed by atoms with E-state index in [1.165, 1.54) is 44.3 Å². The maximum absolute atomic E-state index is 14.0. The standard InChI is InChI=1S/C37H53N15O24P4/c1-14(2)70-24-16(72-33(22(24)54)51-12-44-19-29(51)45-36(38)47-31(19)55)8-67-77(57,58)74-25-17(73-35(26(25)66-6)50-11-43-18-27(40-3)41-10-42-28(18)50)9-69-79(61,62)76-80(63,64)75-78(59,60)68-7-15-23(65-5)21(53)34(71-15)52-13-49(4)20-30(52)46-37(39)48-32(20)56/h10-17,21-26,33-35,53-54H,7-9H2,1-6H3,(H10-,38,39,40,41,42,45,46,47,48,55,56,57,58,59,60,61,62,63,64)/p+1/t15-,16-,17-,21?,22?,23+,24+,25+,26?,33-,34-,35-/m1/s1. The summed E-state index contributed by atoms with van der Waals surface area (Å²) in [6, 6.07) is 0. The van der Waals surface area contributed by atoms with Gasteiger partial charge in [0, 0.05) is 21.3 Å². The number of phosphoric ester groups is 3. The third-order valence-corrected chi connectivity index (χ3v) is 17.6. The molecule has 3 aliphatic rings. The quantitative estimate of drug-likeness (QED) is 0.0240. The van der Waals surface area contributed by atoms with E-state index in [0.29, 0.717) is 0 Å². The molecule has 6 aromatic rings. The van der Waals surface area contributed by atoms with Crippen molar-refractivity contribution in [2.45, 2.75) is 93.6 Å². The lowest BCUT2D eigenvalue weighted by atomic mass is 10.1. The number of methoxy groups -OCH3 is 2. The number of nitrogens with two attached hydrogens (primary N) is 2. The minimum absolute atomic E-state index is 0.0278. The fourth-order valence-corrected chi connectivity index (χ4v) is 13.7. The molecule has 0 radical (unpaired) electrons. The normalized spacial score (nSPS) is 29.4. The summed E-state index contributed by atoms with van der Waals surface area (Å²) in [5.41, 5.74) is 10.3. The second kappa shape index (κ2) is 22.9. The lowest BCUT2D eigenvalue weighted by Crippen LogP contribution is -2.46. The SMILES string of the molecule is CNc1ncnc2c1ncn2[C@@H]1O[C@H](COP(=O)(O)OP(=O)(O)OP(=O)(O)OC[C@H]2O[C@@H]([n+]3cn(C)c4c(=O)[nH]c(N)nc43)C(O)[C@H]2OC)[C@H](OP(=O)(O)OC[C@H]2O[C@@H](n3cnc4c(=O)[nH]c(N)nc43)C(O)[C@H]2OC(C)C)C1OC. The van der Waals surface area contributed by atoms with Crippen LogP contribution in [0, 0.1) is 0 Å². The molecule has 0 saturated carbocycles. The van der Waals surface area contributed by atoms with Gasteiger partial charge in [0.05, 0.1) is 45.6 Å². The van der Waals surface area contributed by atoms with Crippen molar-refractivity contribution in [1.29, 1.82) is 0 Å². The van der Waals surface area contributed by atoms with E-state index < -0.39 is 142 Å². The van der Waals surface area contributed by atoms with Gasteiger partial charge < -0.3 is 75.0 Å². The Hall–Kier alpha value is -5.15. The number of nitrogens with zero attached hydrogens (tertiary/aromatic N) is 10. The molecule has 80 heavy (non-hydrogen) atoms. The Balaban J connectivity index is 0.889. The number of H-pyrrole nitrogens is 2. The van der Waals surface area contributed by atoms with Crippen LogP contribution in [-0.2, 0) is 80.4 Å². The van der Waals surface area contributed by atoms with Gasteiger partial charge in [-0.1, -0.05) is 4.98 Å². The summed E-state index contributed by atoms with van der Waals surface area (Å²) in [6.07, 6.45) is -13.5. The number of aliphatic hydroxyl groups excluding tert-OH is 2. The minimum atomic E-state index is -6.18. The first-order valence-electron chi connectivity index (χ1n) is 23.4. The van der Waals surface area contributed by atoms with Crippen LogP contribution in [0.1, 0.15) is 32.5 Å². The van der Waals surface area contributed by atoms with Crippen molar-refractivity contribution in [2.75, 3.05) is 57.9 Å². The van der Waals surface area contributed by atoms with Crippen molar-refractivity contribution >= 4 is 82.5 Å². The van der Waals surface area contributed by atoms with Crippen molar-refractivity contribution in [3.05, 3.63) is 46.0 Å². The molecule has 16 atom stereocenters. The first kappa shape index (κ1) is 59.5. The summed E-state index contributed by atoms with van der Waals surface area (Å²) in [5.74, 6) is -0.276. The Bertz CT molecular complexity index is 3580. The van der Waals surface area contributed by atoms with Gasteiger partial charge in [-0.2, -0.15) is 13.6 Å². The first-order chi connectivity index (χ1) is 37.6. The van der Waals surface area contributed by atoms with E-state index in [9.17, 15) is 57.6 Å². The Kier molecular flexibility index (Phi) is 17.0. The number of phosphoric acid groups is 4. The molecule has 0 aromatic carbocycles. The second-order valence-electron chi connectivity index (χ2n) is 18.0. The number of rotatable bonds is 23. The molecule has 440 valence electrons. The molecular weight excluding hydrogens is 1160 g/mol. The maximum atomic E-state index is 14.0. The van der Waals surface area contributed by atoms with Gasteiger partial charge in [0.1, 0.15) is 66.8 Å². The number of fused-ring (bicyclic) bond motifs is 3. The summed E-state index contributed by atoms with van der Waals surface area (Å²) in [6.45, 7) is 0.211. The van der Waals surface area contributed by atoms with Gasteiger partial charge in [-0.25, -0.2) is 42.8 Å². The highest BCUT2D eigenvalue weighted by molar-refractivity contribution is 7.66. The summed E-state index contributed by atoms with van der Waals surface area (Å²) < 4.78 is 123. The van der Waals surface area contributed by atoms with Crippen LogP contribution in [0.4, 0.5) is 17.7 Å². The van der Waals surface area contributed by atoms with Crippen LogP contribution in [0.25, 0.3) is 33.5 Å². The van der Waals surface area contributed by atoms with Crippen LogP contribution in [-0.4, -0.2) is 185 Å². The third-order valence-electron chi connectivity index (χ3n) is 12.4. The van der Waals surface area contributed by atoms with Crippen LogP contribution in [0.5, 0.6) is 0 Å². The smallest absolute Gasteiger partial charge is 0.386 e. The minimum Gasteiger partial charge on any atom is -0.386 e. The molecule has 7 unspecified atom stereocenters.